The Morgan fingerprint density at radius 1 is 1.64 bits per heavy atom. The number of carbonyl (C=O) groups is 1. The van der Waals surface area contributed by atoms with Crippen molar-refractivity contribution in [3.63, 3.8) is 0 Å². The Balaban J connectivity index is 2.79. The summed E-state index contributed by atoms with van der Waals surface area (Å²) in [7, 11) is 1.60. The SMILES string of the molecule is Cn1c(C(=O)O)nc2cc(Cl)cnc21. The third-order valence-corrected chi connectivity index (χ3v) is 2.07. The van der Waals surface area contributed by atoms with Gasteiger partial charge in [-0.25, -0.2) is 14.8 Å². The molecule has 72 valence electrons. The molecule has 0 atom stereocenters. The molecule has 2 heterocycles. The van der Waals surface area contributed by atoms with Gasteiger partial charge in [-0.3, -0.25) is 0 Å². The number of carboxylic acids is 1. The zero-order valence-corrected chi connectivity index (χ0v) is 7.99. The fourth-order valence-corrected chi connectivity index (χ4v) is 1.39. The van der Waals surface area contributed by atoms with E-state index in [2.05, 4.69) is 9.97 Å². The molecule has 0 amide bonds. The number of halogens is 1. The largest absolute Gasteiger partial charge is 0.475 e. The number of aromatic nitrogens is 3. The van der Waals surface area contributed by atoms with Crippen molar-refractivity contribution >= 4 is 28.7 Å². The van der Waals surface area contributed by atoms with Crippen LogP contribution in [0.15, 0.2) is 12.3 Å². The Kier molecular flexibility index (Phi) is 1.89. The molecule has 0 aromatic carbocycles. The van der Waals surface area contributed by atoms with Crippen LogP contribution in [0.4, 0.5) is 0 Å². The first kappa shape index (κ1) is 8.96. The van der Waals surface area contributed by atoms with E-state index in [-0.39, 0.29) is 5.82 Å². The van der Waals surface area contributed by atoms with Gasteiger partial charge in [0.1, 0.15) is 5.52 Å². The van der Waals surface area contributed by atoms with Crippen molar-refractivity contribution < 1.29 is 9.90 Å². The molecule has 0 aliphatic rings. The number of fused-ring (bicyclic) bond motifs is 1. The van der Waals surface area contributed by atoms with Gasteiger partial charge in [-0.2, -0.15) is 0 Å². The van der Waals surface area contributed by atoms with E-state index in [1.54, 1.807) is 13.1 Å². The topological polar surface area (TPSA) is 68.0 Å². The fourth-order valence-electron chi connectivity index (χ4n) is 1.24. The summed E-state index contributed by atoms with van der Waals surface area (Å²) in [6.45, 7) is 0. The summed E-state index contributed by atoms with van der Waals surface area (Å²) in [6.07, 6.45) is 1.46. The predicted molar refractivity (Wildman–Crippen MR) is 50.5 cm³/mol. The van der Waals surface area contributed by atoms with Crippen LogP contribution >= 0.6 is 11.6 Å². The molecule has 0 radical (unpaired) electrons. The average molecular weight is 212 g/mol. The van der Waals surface area contributed by atoms with Crippen molar-refractivity contribution in [2.75, 3.05) is 0 Å². The lowest BCUT2D eigenvalue weighted by Gasteiger charge is -1.94. The number of hydrogen-bond acceptors (Lipinski definition) is 3. The maximum atomic E-state index is 10.7. The van der Waals surface area contributed by atoms with E-state index < -0.39 is 5.97 Å². The molecule has 2 rings (SSSR count). The highest BCUT2D eigenvalue weighted by molar-refractivity contribution is 6.31. The van der Waals surface area contributed by atoms with Crippen LogP contribution in [0.2, 0.25) is 5.02 Å². The fraction of sp³-hybridized carbons (Fsp3) is 0.125. The summed E-state index contributed by atoms with van der Waals surface area (Å²) >= 11 is 5.70. The molecule has 2 aromatic rings. The van der Waals surface area contributed by atoms with Gasteiger partial charge in [-0.05, 0) is 6.07 Å². The van der Waals surface area contributed by atoms with Gasteiger partial charge >= 0.3 is 5.97 Å². The number of aryl methyl sites for hydroxylation is 1. The van der Waals surface area contributed by atoms with Gasteiger partial charge in [0.15, 0.2) is 5.65 Å². The third kappa shape index (κ3) is 1.22. The van der Waals surface area contributed by atoms with Crippen molar-refractivity contribution in [2.24, 2.45) is 7.05 Å². The number of carboxylic acid groups (broad SMARTS) is 1. The molecule has 2 aromatic heterocycles. The maximum absolute atomic E-state index is 10.7. The van der Waals surface area contributed by atoms with Gasteiger partial charge in [0.05, 0.1) is 5.02 Å². The summed E-state index contributed by atoms with van der Waals surface area (Å²) < 4.78 is 1.41. The molecule has 0 fully saturated rings. The van der Waals surface area contributed by atoms with Crippen molar-refractivity contribution in [2.45, 2.75) is 0 Å². The molecule has 0 aliphatic heterocycles. The summed E-state index contributed by atoms with van der Waals surface area (Å²) in [5.74, 6) is -1.13. The number of imidazole rings is 1. The van der Waals surface area contributed by atoms with Crippen molar-refractivity contribution in [1.29, 1.82) is 0 Å². The Labute approximate surface area is 84.0 Å². The molecule has 14 heavy (non-hydrogen) atoms. The van der Waals surface area contributed by atoms with Gasteiger partial charge in [0.2, 0.25) is 5.82 Å². The highest BCUT2D eigenvalue weighted by Crippen LogP contribution is 2.16. The second-order valence-electron chi connectivity index (χ2n) is 2.80. The van der Waals surface area contributed by atoms with Crippen LogP contribution < -0.4 is 0 Å². The molecule has 6 heteroatoms. The van der Waals surface area contributed by atoms with E-state index >= 15 is 0 Å². The van der Waals surface area contributed by atoms with Gasteiger partial charge in [0.25, 0.3) is 0 Å². The minimum absolute atomic E-state index is 0.0465. The van der Waals surface area contributed by atoms with E-state index in [0.717, 1.165) is 0 Å². The molecule has 0 spiro atoms. The molecule has 1 N–H and O–H groups in total. The second kappa shape index (κ2) is 2.95. The minimum atomic E-state index is -1.08. The smallest absolute Gasteiger partial charge is 0.372 e. The van der Waals surface area contributed by atoms with Crippen molar-refractivity contribution in [3.05, 3.63) is 23.1 Å². The minimum Gasteiger partial charge on any atom is -0.475 e. The van der Waals surface area contributed by atoms with E-state index in [1.165, 1.54) is 10.8 Å². The molecular formula is C8H6ClN3O2. The Hall–Kier alpha value is -1.62. The van der Waals surface area contributed by atoms with E-state index in [1.807, 2.05) is 0 Å². The molecule has 0 unspecified atom stereocenters. The third-order valence-electron chi connectivity index (χ3n) is 1.87. The van der Waals surface area contributed by atoms with Crippen molar-refractivity contribution in [1.82, 2.24) is 14.5 Å². The first-order chi connectivity index (χ1) is 6.59. The number of pyridine rings is 1. The van der Waals surface area contributed by atoms with E-state index in [9.17, 15) is 4.79 Å². The zero-order chi connectivity index (χ0) is 10.3. The highest BCUT2D eigenvalue weighted by atomic mass is 35.5. The predicted octanol–water partition coefficient (Wildman–Crippen LogP) is 1.32. The molecule has 0 saturated heterocycles. The molecule has 0 bridgehead atoms. The van der Waals surface area contributed by atoms with Crippen LogP contribution in [0.1, 0.15) is 10.6 Å². The first-order valence-electron chi connectivity index (χ1n) is 3.81. The number of aromatic carboxylic acids is 1. The Morgan fingerprint density at radius 3 is 3.00 bits per heavy atom. The zero-order valence-electron chi connectivity index (χ0n) is 7.23. The molecule has 0 saturated carbocycles. The van der Waals surface area contributed by atoms with Crippen LogP contribution in [-0.4, -0.2) is 25.6 Å². The lowest BCUT2D eigenvalue weighted by Crippen LogP contribution is -2.05. The van der Waals surface area contributed by atoms with E-state index in [4.69, 9.17) is 16.7 Å². The summed E-state index contributed by atoms with van der Waals surface area (Å²) in [5.41, 5.74) is 0.990. The molecular weight excluding hydrogens is 206 g/mol. The van der Waals surface area contributed by atoms with Crippen LogP contribution in [0.5, 0.6) is 0 Å². The van der Waals surface area contributed by atoms with Crippen LogP contribution in [0.3, 0.4) is 0 Å². The molecule has 5 nitrogen and oxygen atoms in total. The van der Waals surface area contributed by atoms with E-state index in [0.29, 0.717) is 16.2 Å². The van der Waals surface area contributed by atoms with Gasteiger partial charge < -0.3 is 9.67 Å². The van der Waals surface area contributed by atoms with Crippen LogP contribution in [-0.2, 0) is 7.05 Å². The lowest BCUT2D eigenvalue weighted by molar-refractivity contribution is 0.0680. The molecule has 0 aliphatic carbocycles. The first-order valence-corrected chi connectivity index (χ1v) is 4.18. The van der Waals surface area contributed by atoms with Crippen LogP contribution in [0.25, 0.3) is 11.2 Å². The maximum Gasteiger partial charge on any atom is 0.372 e. The van der Waals surface area contributed by atoms with Gasteiger partial charge in [-0.1, -0.05) is 11.6 Å². The van der Waals surface area contributed by atoms with Gasteiger partial charge in [-0.15, -0.1) is 0 Å². The normalized spacial score (nSPS) is 10.7. The monoisotopic (exact) mass is 211 g/mol. The second-order valence-corrected chi connectivity index (χ2v) is 3.23. The summed E-state index contributed by atoms with van der Waals surface area (Å²) in [5, 5.41) is 9.23. The number of nitrogens with zero attached hydrogens (tertiary/aromatic N) is 3. The highest BCUT2D eigenvalue weighted by Gasteiger charge is 2.14. The van der Waals surface area contributed by atoms with Crippen molar-refractivity contribution in [3.8, 4) is 0 Å². The lowest BCUT2D eigenvalue weighted by atomic mass is 10.4. The summed E-state index contributed by atoms with van der Waals surface area (Å²) in [6, 6.07) is 1.58. The van der Waals surface area contributed by atoms with Gasteiger partial charge in [0, 0.05) is 13.2 Å². The number of rotatable bonds is 1. The van der Waals surface area contributed by atoms with Crippen LogP contribution in [0, 0.1) is 0 Å². The summed E-state index contributed by atoms with van der Waals surface area (Å²) in [4.78, 5) is 18.6. The Bertz CT molecular complexity index is 521. The number of hydrogen-bond donors (Lipinski definition) is 1. The average Bonchev–Trinajstić information content (AvgIpc) is 2.43. The standard InChI is InChI=1S/C8H6ClN3O2/c1-12-6-5(2-4(9)3-10-6)11-7(12)8(13)14/h2-3H,1H3,(H,13,14). The quantitative estimate of drug-likeness (QED) is 0.773. The Morgan fingerprint density at radius 2 is 2.36 bits per heavy atom.